The molecule has 1 aromatic rings. The van der Waals surface area contributed by atoms with Crippen LogP contribution in [0.3, 0.4) is 0 Å². The first-order valence-electron chi connectivity index (χ1n) is 8.44. The van der Waals surface area contributed by atoms with Crippen molar-refractivity contribution in [3.8, 4) is 0 Å². The van der Waals surface area contributed by atoms with Crippen molar-refractivity contribution >= 4 is 11.9 Å². The number of aliphatic carboxylic acids is 1. The fraction of sp³-hybridized carbons (Fsp3) is 0.579. The summed E-state index contributed by atoms with van der Waals surface area (Å²) in [5, 5.41) is 9.60. The summed E-state index contributed by atoms with van der Waals surface area (Å²) in [6.07, 6.45) is 1.91. The highest BCUT2D eigenvalue weighted by molar-refractivity contribution is 5.81. The van der Waals surface area contributed by atoms with Gasteiger partial charge in [-0.25, -0.2) is 0 Å². The molecule has 1 aliphatic rings. The molecule has 1 amide bonds. The molecule has 5 heteroatoms. The third-order valence-electron chi connectivity index (χ3n) is 4.85. The largest absolute Gasteiger partial charge is 0.481 e. The van der Waals surface area contributed by atoms with Gasteiger partial charge in [-0.05, 0) is 31.7 Å². The van der Waals surface area contributed by atoms with Gasteiger partial charge in [-0.3, -0.25) is 9.59 Å². The van der Waals surface area contributed by atoms with Crippen molar-refractivity contribution in [3.63, 3.8) is 0 Å². The Labute approximate surface area is 143 Å². The van der Waals surface area contributed by atoms with Crippen molar-refractivity contribution in [1.82, 2.24) is 4.90 Å². The lowest BCUT2D eigenvalue weighted by Gasteiger charge is -2.40. The van der Waals surface area contributed by atoms with Gasteiger partial charge in [0, 0.05) is 26.1 Å². The normalized spacial score (nSPS) is 22.2. The number of rotatable bonds is 6. The van der Waals surface area contributed by atoms with Gasteiger partial charge in [0.2, 0.25) is 5.91 Å². The van der Waals surface area contributed by atoms with Crippen LogP contribution < -0.4 is 0 Å². The topological polar surface area (TPSA) is 66.8 Å². The molecule has 1 N–H and O–H groups in total. The second-order valence-corrected chi connectivity index (χ2v) is 6.97. The van der Waals surface area contributed by atoms with E-state index in [1.807, 2.05) is 38.1 Å². The molecule has 1 saturated heterocycles. The predicted octanol–water partition coefficient (Wildman–Crippen LogP) is 2.51. The molecule has 0 bridgehead atoms. The standard InChI is InChI=1S/C19H27NO4/c1-14-5-7-16(8-6-14)11-15(2)17(21)20-10-4-9-19(12-20,13-24-3)18(22)23/h5-8,15H,4,9-13H2,1-3H3,(H,22,23). The zero-order valence-electron chi connectivity index (χ0n) is 14.7. The molecule has 0 spiro atoms. The SMILES string of the molecule is COCC1(C(=O)O)CCCN(C(=O)C(C)Cc2ccc(C)cc2)C1. The summed E-state index contributed by atoms with van der Waals surface area (Å²) in [7, 11) is 1.51. The Morgan fingerprint density at radius 2 is 2.00 bits per heavy atom. The van der Waals surface area contributed by atoms with Gasteiger partial charge in [-0.2, -0.15) is 0 Å². The number of carboxylic acids is 1. The maximum atomic E-state index is 12.8. The number of carboxylic acid groups (broad SMARTS) is 1. The van der Waals surface area contributed by atoms with E-state index in [2.05, 4.69) is 0 Å². The van der Waals surface area contributed by atoms with Crippen LogP contribution in [0.2, 0.25) is 0 Å². The Morgan fingerprint density at radius 1 is 1.33 bits per heavy atom. The van der Waals surface area contributed by atoms with Gasteiger partial charge in [0.15, 0.2) is 0 Å². The third-order valence-corrected chi connectivity index (χ3v) is 4.85. The average Bonchev–Trinajstić information content (AvgIpc) is 2.56. The lowest BCUT2D eigenvalue weighted by molar-refractivity contribution is -0.159. The van der Waals surface area contributed by atoms with Crippen LogP contribution in [-0.4, -0.2) is 48.7 Å². The summed E-state index contributed by atoms with van der Waals surface area (Å²) in [5.41, 5.74) is 1.34. The van der Waals surface area contributed by atoms with Crippen LogP contribution in [-0.2, 0) is 20.7 Å². The van der Waals surface area contributed by atoms with E-state index in [9.17, 15) is 14.7 Å². The molecule has 0 aliphatic carbocycles. The van der Waals surface area contributed by atoms with E-state index in [0.29, 0.717) is 25.8 Å². The highest BCUT2D eigenvalue weighted by Gasteiger charge is 2.44. The number of hydrogen-bond acceptors (Lipinski definition) is 3. The quantitative estimate of drug-likeness (QED) is 0.869. The van der Waals surface area contributed by atoms with Crippen molar-refractivity contribution in [2.24, 2.45) is 11.3 Å². The van der Waals surface area contributed by atoms with E-state index in [1.54, 1.807) is 4.90 Å². The molecule has 1 aromatic carbocycles. The lowest BCUT2D eigenvalue weighted by Crippen LogP contribution is -2.53. The molecule has 5 nitrogen and oxygen atoms in total. The molecule has 0 saturated carbocycles. The first kappa shape index (κ1) is 18.5. The predicted molar refractivity (Wildman–Crippen MR) is 91.8 cm³/mol. The minimum Gasteiger partial charge on any atom is -0.481 e. The van der Waals surface area contributed by atoms with Crippen LogP contribution >= 0.6 is 0 Å². The van der Waals surface area contributed by atoms with Gasteiger partial charge in [0.1, 0.15) is 5.41 Å². The number of likely N-dealkylation sites (tertiary alicyclic amines) is 1. The Kier molecular flexibility index (Phi) is 5.99. The van der Waals surface area contributed by atoms with Crippen molar-refractivity contribution in [3.05, 3.63) is 35.4 Å². The van der Waals surface area contributed by atoms with Gasteiger partial charge < -0.3 is 14.7 Å². The van der Waals surface area contributed by atoms with Crippen LogP contribution in [0.4, 0.5) is 0 Å². The molecule has 1 aliphatic heterocycles. The van der Waals surface area contributed by atoms with Gasteiger partial charge in [0.25, 0.3) is 0 Å². The summed E-state index contributed by atoms with van der Waals surface area (Å²) in [4.78, 5) is 26.2. The fourth-order valence-electron chi connectivity index (χ4n) is 3.43. The van der Waals surface area contributed by atoms with Gasteiger partial charge in [0.05, 0.1) is 6.61 Å². The maximum absolute atomic E-state index is 12.8. The number of nitrogens with zero attached hydrogens (tertiary/aromatic N) is 1. The Balaban J connectivity index is 2.04. The molecule has 2 rings (SSSR count). The Bertz CT molecular complexity index is 580. The van der Waals surface area contributed by atoms with E-state index in [-0.39, 0.29) is 25.0 Å². The second kappa shape index (κ2) is 7.79. The lowest BCUT2D eigenvalue weighted by atomic mass is 9.80. The second-order valence-electron chi connectivity index (χ2n) is 6.97. The number of methoxy groups -OCH3 is 1. The number of carbonyl (C=O) groups excluding carboxylic acids is 1. The van der Waals surface area contributed by atoms with Crippen molar-refractivity contribution in [2.75, 3.05) is 26.8 Å². The molecule has 0 aromatic heterocycles. The molecule has 1 heterocycles. The van der Waals surface area contributed by atoms with E-state index in [4.69, 9.17) is 4.74 Å². The van der Waals surface area contributed by atoms with Crippen molar-refractivity contribution in [1.29, 1.82) is 0 Å². The van der Waals surface area contributed by atoms with E-state index < -0.39 is 11.4 Å². The number of benzene rings is 1. The van der Waals surface area contributed by atoms with E-state index >= 15 is 0 Å². The summed E-state index contributed by atoms with van der Waals surface area (Å²) >= 11 is 0. The number of amides is 1. The van der Waals surface area contributed by atoms with Crippen molar-refractivity contribution < 1.29 is 19.4 Å². The number of carbonyl (C=O) groups is 2. The van der Waals surface area contributed by atoms with Crippen LogP contribution in [0, 0.1) is 18.3 Å². The minimum absolute atomic E-state index is 0.0250. The molecule has 2 atom stereocenters. The van der Waals surface area contributed by atoms with E-state index in [0.717, 1.165) is 5.56 Å². The van der Waals surface area contributed by atoms with Crippen LogP contribution in [0.15, 0.2) is 24.3 Å². The molecule has 24 heavy (non-hydrogen) atoms. The highest BCUT2D eigenvalue weighted by atomic mass is 16.5. The van der Waals surface area contributed by atoms with Crippen LogP contribution in [0.5, 0.6) is 0 Å². The summed E-state index contributed by atoms with van der Waals surface area (Å²) in [6.45, 7) is 4.93. The highest BCUT2D eigenvalue weighted by Crippen LogP contribution is 2.31. The average molecular weight is 333 g/mol. The van der Waals surface area contributed by atoms with Gasteiger partial charge in [-0.15, -0.1) is 0 Å². The number of aryl methyl sites for hydroxylation is 1. The maximum Gasteiger partial charge on any atom is 0.313 e. The van der Waals surface area contributed by atoms with Gasteiger partial charge >= 0.3 is 5.97 Å². The summed E-state index contributed by atoms with van der Waals surface area (Å²) in [5.74, 6) is -1.02. The molecular weight excluding hydrogens is 306 g/mol. The van der Waals surface area contributed by atoms with Crippen LogP contribution in [0.1, 0.15) is 30.9 Å². The van der Waals surface area contributed by atoms with Crippen LogP contribution in [0.25, 0.3) is 0 Å². The number of hydrogen-bond donors (Lipinski definition) is 1. The smallest absolute Gasteiger partial charge is 0.313 e. The molecule has 1 fully saturated rings. The van der Waals surface area contributed by atoms with Gasteiger partial charge in [-0.1, -0.05) is 36.8 Å². The van der Waals surface area contributed by atoms with Crippen molar-refractivity contribution in [2.45, 2.75) is 33.1 Å². The zero-order valence-corrected chi connectivity index (χ0v) is 14.7. The molecular formula is C19H27NO4. The summed E-state index contributed by atoms with van der Waals surface area (Å²) in [6, 6.07) is 8.17. The van der Waals surface area contributed by atoms with E-state index in [1.165, 1.54) is 12.7 Å². The molecule has 2 unspecified atom stereocenters. The zero-order chi connectivity index (χ0) is 17.7. The third kappa shape index (κ3) is 4.15. The monoisotopic (exact) mass is 333 g/mol. The first-order chi connectivity index (χ1) is 11.4. The minimum atomic E-state index is -0.980. The Hall–Kier alpha value is -1.88. The Morgan fingerprint density at radius 3 is 2.58 bits per heavy atom. The molecule has 0 radical (unpaired) electrons. The summed E-state index contributed by atoms with van der Waals surface area (Å²) < 4.78 is 5.12. The fourth-order valence-corrected chi connectivity index (χ4v) is 3.43. The first-order valence-corrected chi connectivity index (χ1v) is 8.44. The molecule has 132 valence electrons. The number of piperidine rings is 1. The number of ether oxygens (including phenoxy) is 1.